The van der Waals surface area contributed by atoms with Gasteiger partial charge in [0.15, 0.2) is 0 Å². The molecule has 0 aliphatic carbocycles. The van der Waals surface area contributed by atoms with E-state index < -0.39 is 0 Å². The normalized spacial score (nSPS) is 14.2. The number of hydrogen-bond acceptors (Lipinski definition) is 3. The highest BCUT2D eigenvalue weighted by Gasteiger charge is 2.25. The van der Waals surface area contributed by atoms with Crippen LogP contribution in [0.5, 0.6) is 0 Å². The molecule has 2 aromatic carbocycles. The first-order valence-electron chi connectivity index (χ1n) is 11.2. The Balaban J connectivity index is 1.47. The van der Waals surface area contributed by atoms with Crippen molar-refractivity contribution in [1.82, 2.24) is 15.1 Å². The standard InChI is InChI=1S/C26H33N3O3/c1-5-19-6-8-21(9-7-19)25(32)29-16-14-28(15-17-29)23(30)18-27-24(31)20-10-12-22(13-11-20)26(2,3)4/h6-13H,5,14-18H2,1-4H3,(H,27,31). The summed E-state index contributed by atoms with van der Waals surface area (Å²) >= 11 is 0. The van der Waals surface area contributed by atoms with Crippen molar-refractivity contribution in [3.8, 4) is 0 Å². The van der Waals surface area contributed by atoms with Crippen molar-refractivity contribution >= 4 is 17.7 Å². The van der Waals surface area contributed by atoms with Gasteiger partial charge in [0.1, 0.15) is 0 Å². The van der Waals surface area contributed by atoms with Crippen LogP contribution in [-0.2, 0) is 16.6 Å². The minimum absolute atomic E-state index is 0.00763. The van der Waals surface area contributed by atoms with Gasteiger partial charge >= 0.3 is 0 Å². The summed E-state index contributed by atoms with van der Waals surface area (Å²) in [7, 11) is 0. The highest BCUT2D eigenvalue weighted by molar-refractivity contribution is 5.97. The Labute approximate surface area is 190 Å². The number of carbonyl (C=O) groups excluding carboxylic acids is 3. The minimum Gasteiger partial charge on any atom is -0.343 e. The molecule has 0 aromatic heterocycles. The molecular weight excluding hydrogens is 402 g/mol. The van der Waals surface area contributed by atoms with E-state index in [1.54, 1.807) is 21.9 Å². The number of aryl methyl sites for hydroxylation is 1. The van der Waals surface area contributed by atoms with E-state index in [9.17, 15) is 14.4 Å². The quantitative estimate of drug-likeness (QED) is 0.784. The van der Waals surface area contributed by atoms with Gasteiger partial charge in [0.25, 0.3) is 11.8 Å². The van der Waals surface area contributed by atoms with Gasteiger partial charge in [0, 0.05) is 37.3 Å². The second-order valence-corrected chi connectivity index (χ2v) is 9.23. The van der Waals surface area contributed by atoms with Crippen molar-refractivity contribution in [2.45, 2.75) is 39.5 Å². The zero-order valence-electron chi connectivity index (χ0n) is 19.5. The highest BCUT2D eigenvalue weighted by Crippen LogP contribution is 2.22. The number of nitrogens with one attached hydrogen (secondary N) is 1. The lowest BCUT2D eigenvalue weighted by molar-refractivity contribution is -0.131. The Morgan fingerprint density at radius 3 is 1.88 bits per heavy atom. The number of rotatable bonds is 5. The largest absolute Gasteiger partial charge is 0.343 e. The highest BCUT2D eigenvalue weighted by atomic mass is 16.2. The third-order valence-electron chi connectivity index (χ3n) is 5.94. The number of benzene rings is 2. The lowest BCUT2D eigenvalue weighted by Gasteiger charge is -2.35. The van der Waals surface area contributed by atoms with Gasteiger partial charge in [-0.15, -0.1) is 0 Å². The number of amides is 3. The number of carbonyl (C=O) groups is 3. The van der Waals surface area contributed by atoms with Crippen LogP contribution >= 0.6 is 0 Å². The van der Waals surface area contributed by atoms with E-state index in [1.807, 2.05) is 36.4 Å². The Kier molecular flexibility index (Phi) is 7.33. The van der Waals surface area contributed by atoms with Crippen molar-refractivity contribution in [2.24, 2.45) is 0 Å². The van der Waals surface area contributed by atoms with Crippen LogP contribution in [0.4, 0.5) is 0 Å². The van der Waals surface area contributed by atoms with Crippen LogP contribution in [0, 0.1) is 0 Å². The molecule has 3 rings (SSSR count). The summed E-state index contributed by atoms with van der Waals surface area (Å²) in [6, 6.07) is 15.2. The summed E-state index contributed by atoms with van der Waals surface area (Å²) in [4.78, 5) is 41.1. The van der Waals surface area contributed by atoms with Crippen LogP contribution in [0.3, 0.4) is 0 Å². The molecule has 0 atom stereocenters. The fraction of sp³-hybridized carbons (Fsp3) is 0.423. The van der Waals surface area contributed by atoms with E-state index >= 15 is 0 Å². The average molecular weight is 436 g/mol. The first-order valence-corrected chi connectivity index (χ1v) is 11.2. The monoisotopic (exact) mass is 435 g/mol. The second kappa shape index (κ2) is 9.98. The zero-order chi connectivity index (χ0) is 23.3. The molecule has 6 heteroatoms. The maximum atomic E-state index is 12.7. The van der Waals surface area contributed by atoms with E-state index in [0.717, 1.165) is 12.0 Å². The molecule has 0 radical (unpaired) electrons. The van der Waals surface area contributed by atoms with E-state index in [2.05, 4.69) is 33.0 Å². The Bertz CT molecular complexity index is 951. The molecule has 0 bridgehead atoms. The second-order valence-electron chi connectivity index (χ2n) is 9.23. The lowest BCUT2D eigenvalue weighted by Crippen LogP contribution is -2.52. The Morgan fingerprint density at radius 1 is 0.812 bits per heavy atom. The minimum atomic E-state index is -0.261. The molecule has 1 N–H and O–H groups in total. The van der Waals surface area contributed by atoms with Crippen LogP contribution in [0.15, 0.2) is 48.5 Å². The molecular formula is C26H33N3O3. The fourth-order valence-electron chi connectivity index (χ4n) is 3.72. The number of piperazine rings is 1. The molecule has 1 saturated heterocycles. The smallest absolute Gasteiger partial charge is 0.253 e. The molecule has 170 valence electrons. The maximum absolute atomic E-state index is 12.7. The van der Waals surface area contributed by atoms with Crippen LogP contribution in [0.2, 0.25) is 0 Å². The van der Waals surface area contributed by atoms with Crippen LogP contribution in [0.1, 0.15) is 59.5 Å². The number of hydrogen-bond donors (Lipinski definition) is 1. The van der Waals surface area contributed by atoms with Gasteiger partial charge in [0.05, 0.1) is 6.54 Å². The van der Waals surface area contributed by atoms with Crippen molar-refractivity contribution in [3.63, 3.8) is 0 Å². The zero-order valence-corrected chi connectivity index (χ0v) is 19.5. The van der Waals surface area contributed by atoms with E-state index in [0.29, 0.717) is 37.3 Å². The predicted octanol–water partition coefficient (Wildman–Crippen LogP) is 3.26. The van der Waals surface area contributed by atoms with Crippen molar-refractivity contribution in [1.29, 1.82) is 0 Å². The number of nitrogens with zero attached hydrogens (tertiary/aromatic N) is 2. The Hall–Kier alpha value is -3.15. The summed E-state index contributed by atoms with van der Waals surface area (Å²) in [5, 5.41) is 2.71. The summed E-state index contributed by atoms with van der Waals surface area (Å²) in [6.45, 7) is 10.3. The van der Waals surface area contributed by atoms with Gasteiger partial charge in [0.2, 0.25) is 5.91 Å². The molecule has 2 aromatic rings. The topological polar surface area (TPSA) is 69.7 Å². The third-order valence-corrected chi connectivity index (χ3v) is 5.94. The first kappa shape index (κ1) is 23.5. The molecule has 0 unspecified atom stereocenters. The fourth-order valence-corrected chi connectivity index (χ4v) is 3.72. The van der Waals surface area contributed by atoms with Crippen molar-refractivity contribution in [3.05, 3.63) is 70.8 Å². The molecule has 0 saturated carbocycles. The average Bonchev–Trinajstić information content (AvgIpc) is 2.81. The van der Waals surface area contributed by atoms with E-state index in [-0.39, 0.29) is 29.7 Å². The van der Waals surface area contributed by atoms with Gasteiger partial charge < -0.3 is 15.1 Å². The van der Waals surface area contributed by atoms with Gasteiger partial charge in [-0.05, 0) is 47.2 Å². The molecule has 32 heavy (non-hydrogen) atoms. The van der Waals surface area contributed by atoms with Gasteiger partial charge in [-0.2, -0.15) is 0 Å². The predicted molar refractivity (Wildman–Crippen MR) is 126 cm³/mol. The molecule has 1 aliphatic rings. The third kappa shape index (κ3) is 5.75. The molecule has 1 aliphatic heterocycles. The van der Waals surface area contributed by atoms with Gasteiger partial charge in [-0.25, -0.2) is 0 Å². The summed E-state index contributed by atoms with van der Waals surface area (Å²) in [6.07, 6.45) is 0.939. The molecule has 1 fully saturated rings. The summed E-state index contributed by atoms with van der Waals surface area (Å²) < 4.78 is 0. The lowest BCUT2D eigenvalue weighted by atomic mass is 9.87. The summed E-state index contributed by atoms with van der Waals surface area (Å²) in [5.41, 5.74) is 3.58. The van der Waals surface area contributed by atoms with Crippen LogP contribution in [-0.4, -0.2) is 60.2 Å². The van der Waals surface area contributed by atoms with Crippen LogP contribution < -0.4 is 5.32 Å². The maximum Gasteiger partial charge on any atom is 0.253 e. The molecule has 6 nitrogen and oxygen atoms in total. The van der Waals surface area contributed by atoms with Crippen molar-refractivity contribution < 1.29 is 14.4 Å². The molecule has 0 spiro atoms. The van der Waals surface area contributed by atoms with Crippen LogP contribution in [0.25, 0.3) is 0 Å². The summed E-state index contributed by atoms with van der Waals surface area (Å²) in [5.74, 6) is -0.404. The molecule has 3 amide bonds. The van der Waals surface area contributed by atoms with Gasteiger partial charge in [-0.1, -0.05) is 52.0 Å². The SMILES string of the molecule is CCc1ccc(C(=O)N2CCN(C(=O)CNC(=O)c3ccc(C(C)(C)C)cc3)CC2)cc1. The Morgan fingerprint density at radius 2 is 1.34 bits per heavy atom. The molecule has 1 heterocycles. The first-order chi connectivity index (χ1) is 15.2. The van der Waals surface area contributed by atoms with E-state index in [4.69, 9.17) is 0 Å². The van der Waals surface area contributed by atoms with Gasteiger partial charge in [-0.3, -0.25) is 14.4 Å². The van der Waals surface area contributed by atoms with E-state index in [1.165, 1.54) is 5.56 Å². The van der Waals surface area contributed by atoms with Crippen molar-refractivity contribution in [2.75, 3.05) is 32.7 Å².